The highest BCUT2D eigenvalue weighted by Gasteiger charge is 2.28. The van der Waals surface area contributed by atoms with Crippen molar-refractivity contribution in [3.8, 4) is 0 Å². The van der Waals surface area contributed by atoms with E-state index in [9.17, 15) is 9.59 Å². The number of nitrogens with zero attached hydrogens (tertiary/aromatic N) is 1. The van der Waals surface area contributed by atoms with Crippen LogP contribution in [0.25, 0.3) is 0 Å². The summed E-state index contributed by atoms with van der Waals surface area (Å²) in [5, 5.41) is 2.77. The average Bonchev–Trinajstić information content (AvgIpc) is 2.54. The van der Waals surface area contributed by atoms with Crippen LogP contribution in [-0.2, 0) is 9.59 Å². The maximum atomic E-state index is 11.4. The van der Waals surface area contributed by atoms with Gasteiger partial charge in [0.25, 0.3) is 0 Å². The molecule has 0 aliphatic carbocycles. The summed E-state index contributed by atoms with van der Waals surface area (Å²) in [5.41, 5.74) is 5.56. The maximum Gasteiger partial charge on any atom is 0.239 e. The molecular formula is C10H19N3O2. The van der Waals surface area contributed by atoms with Gasteiger partial charge in [-0.1, -0.05) is 6.92 Å². The highest BCUT2D eigenvalue weighted by Crippen LogP contribution is 2.08. The summed E-state index contributed by atoms with van der Waals surface area (Å²) in [6.07, 6.45) is 2.01. The molecule has 86 valence electrons. The Morgan fingerprint density at radius 3 is 2.93 bits per heavy atom. The van der Waals surface area contributed by atoms with Crippen molar-refractivity contribution in [2.75, 3.05) is 19.6 Å². The molecule has 0 bridgehead atoms. The molecule has 2 amide bonds. The zero-order valence-electron chi connectivity index (χ0n) is 9.16. The van der Waals surface area contributed by atoms with Gasteiger partial charge in [0.05, 0.1) is 6.04 Å². The number of carbonyl (C=O) groups is 2. The van der Waals surface area contributed by atoms with Crippen molar-refractivity contribution < 1.29 is 9.59 Å². The van der Waals surface area contributed by atoms with Crippen LogP contribution in [0.3, 0.4) is 0 Å². The first kappa shape index (κ1) is 12.0. The van der Waals surface area contributed by atoms with Crippen LogP contribution in [0.1, 0.15) is 26.2 Å². The molecule has 1 aliphatic heterocycles. The third-order valence-corrected chi connectivity index (χ3v) is 2.52. The minimum Gasteiger partial charge on any atom is -0.356 e. The topological polar surface area (TPSA) is 75.4 Å². The Kier molecular flexibility index (Phi) is 4.55. The molecule has 5 heteroatoms. The molecule has 1 unspecified atom stereocenters. The van der Waals surface area contributed by atoms with Crippen molar-refractivity contribution in [1.82, 2.24) is 10.2 Å². The lowest BCUT2D eigenvalue weighted by atomic mass is 10.3. The van der Waals surface area contributed by atoms with E-state index in [0.29, 0.717) is 32.5 Å². The van der Waals surface area contributed by atoms with Crippen molar-refractivity contribution in [2.24, 2.45) is 5.73 Å². The predicted molar refractivity (Wildman–Crippen MR) is 57.1 cm³/mol. The van der Waals surface area contributed by atoms with Gasteiger partial charge in [-0.3, -0.25) is 9.59 Å². The fraction of sp³-hybridized carbons (Fsp3) is 0.800. The Balaban J connectivity index is 2.20. The van der Waals surface area contributed by atoms with Crippen LogP contribution in [-0.4, -0.2) is 42.4 Å². The van der Waals surface area contributed by atoms with Crippen molar-refractivity contribution in [1.29, 1.82) is 0 Å². The van der Waals surface area contributed by atoms with Gasteiger partial charge in [0, 0.05) is 26.1 Å². The van der Waals surface area contributed by atoms with Crippen molar-refractivity contribution in [3.63, 3.8) is 0 Å². The molecule has 0 saturated carbocycles. The highest BCUT2D eigenvalue weighted by atomic mass is 16.2. The number of amides is 2. The van der Waals surface area contributed by atoms with Crippen LogP contribution >= 0.6 is 0 Å². The second kappa shape index (κ2) is 5.70. The van der Waals surface area contributed by atoms with Crippen molar-refractivity contribution in [2.45, 2.75) is 32.2 Å². The standard InChI is InChI=1S/C10H19N3O2/c1-2-5-12-9(14)4-7-13-6-3-8(11)10(13)15/h8H,2-7,11H2,1H3,(H,12,14). The molecule has 1 aliphatic rings. The lowest BCUT2D eigenvalue weighted by Gasteiger charge is -2.15. The summed E-state index contributed by atoms with van der Waals surface area (Å²) >= 11 is 0. The minimum absolute atomic E-state index is 0.00474. The van der Waals surface area contributed by atoms with Gasteiger partial charge >= 0.3 is 0 Å². The van der Waals surface area contributed by atoms with Gasteiger partial charge in [-0.25, -0.2) is 0 Å². The Bertz CT molecular complexity index is 243. The fourth-order valence-electron chi connectivity index (χ4n) is 1.57. The number of hydrogen-bond donors (Lipinski definition) is 2. The minimum atomic E-state index is -0.358. The summed E-state index contributed by atoms with van der Waals surface area (Å²) in [4.78, 5) is 24.3. The van der Waals surface area contributed by atoms with Gasteiger partial charge < -0.3 is 16.0 Å². The van der Waals surface area contributed by atoms with E-state index in [4.69, 9.17) is 5.73 Å². The summed E-state index contributed by atoms with van der Waals surface area (Å²) in [6.45, 7) is 3.87. The molecule has 0 spiro atoms. The molecular weight excluding hydrogens is 194 g/mol. The first-order valence-electron chi connectivity index (χ1n) is 5.46. The van der Waals surface area contributed by atoms with Crippen LogP contribution in [0.15, 0.2) is 0 Å². The molecule has 5 nitrogen and oxygen atoms in total. The first-order chi connectivity index (χ1) is 7.15. The summed E-state index contributed by atoms with van der Waals surface area (Å²) in [7, 11) is 0. The Hall–Kier alpha value is -1.10. The second-order valence-corrected chi connectivity index (χ2v) is 3.82. The number of nitrogens with two attached hydrogens (primary N) is 1. The molecule has 0 aromatic heterocycles. The van der Waals surface area contributed by atoms with Gasteiger partial charge in [-0.2, -0.15) is 0 Å². The lowest BCUT2D eigenvalue weighted by molar-refractivity contribution is -0.129. The normalized spacial score (nSPS) is 20.8. The van der Waals surface area contributed by atoms with Gasteiger partial charge in [0.15, 0.2) is 0 Å². The van der Waals surface area contributed by atoms with E-state index < -0.39 is 0 Å². The smallest absolute Gasteiger partial charge is 0.239 e. The molecule has 1 heterocycles. The molecule has 0 aromatic carbocycles. The fourth-order valence-corrected chi connectivity index (χ4v) is 1.57. The van der Waals surface area contributed by atoms with Crippen molar-refractivity contribution >= 4 is 11.8 Å². The van der Waals surface area contributed by atoms with E-state index in [1.54, 1.807) is 4.90 Å². The van der Waals surface area contributed by atoms with Crippen LogP contribution in [0.5, 0.6) is 0 Å². The van der Waals surface area contributed by atoms with Gasteiger partial charge in [-0.15, -0.1) is 0 Å². The molecule has 1 saturated heterocycles. The summed E-state index contributed by atoms with van der Waals surface area (Å²) in [5.74, 6) is -0.0246. The number of rotatable bonds is 5. The van der Waals surface area contributed by atoms with Crippen LogP contribution in [0.4, 0.5) is 0 Å². The third kappa shape index (κ3) is 3.51. The molecule has 15 heavy (non-hydrogen) atoms. The van der Waals surface area contributed by atoms with Crippen LogP contribution in [0, 0.1) is 0 Å². The zero-order chi connectivity index (χ0) is 11.3. The van der Waals surface area contributed by atoms with E-state index in [1.807, 2.05) is 6.92 Å². The number of hydrogen-bond acceptors (Lipinski definition) is 3. The Labute approximate surface area is 90.0 Å². The molecule has 1 rings (SSSR count). The van der Waals surface area contributed by atoms with Crippen molar-refractivity contribution in [3.05, 3.63) is 0 Å². The van der Waals surface area contributed by atoms with E-state index in [1.165, 1.54) is 0 Å². The maximum absolute atomic E-state index is 11.4. The van der Waals surface area contributed by atoms with E-state index in [0.717, 1.165) is 6.42 Å². The van der Waals surface area contributed by atoms with E-state index in [2.05, 4.69) is 5.32 Å². The number of carbonyl (C=O) groups excluding carboxylic acids is 2. The predicted octanol–water partition coefficient (Wildman–Crippen LogP) is -0.538. The second-order valence-electron chi connectivity index (χ2n) is 3.82. The summed E-state index contributed by atoms with van der Waals surface area (Å²) in [6, 6.07) is -0.358. The SMILES string of the molecule is CCCNC(=O)CCN1CCC(N)C1=O. The third-order valence-electron chi connectivity index (χ3n) is 2.52. The molecule has 3 N–H and O–H groups in total. The van der Waals surface area contributed by atoms with Gasteiger partial charge in [-0.05, 0) is 12.8 Å². The number of likely N-dealkylation sites (tertiary alicyclic amines) is 1. The van der Waals surface area contributed by atoms with E-state index in [-0.39, 0.29) is 17.9 Å². The van der Waals surface area contributed by atoms with Crippen LogP contribution < -0.4 is 11.1 Å². The monoisotopic (exact) mass is 213 g/mol. The molecule has 0 aromatic rings. The highest BCUT2D eigenvalue weighted by molar-refractivity contribution is 5.84. The Morgan fingerprint density at radius 1 is 1.67 bits per heavy atom. The van der Waals surface area contributed by atoms with E-state index >= 15 is 0 Å². The largest absolute Gasteiger partial charge is 0.356 e. The Morgan fingerprint density at radius 2 is 2.40 bits per heavy atom. The zero-order valence-corrected chi connectivity index (χ0v) is 9.16. The molecule has 0 radical (unpaired) electrons. The van der Waals surface area contributed by atoms with Gasteiger partial charge in [0.2, 0.25) is 11.8 Å². The van der Waals surface area contributed by atoms with Gasteiger partial charge in [0.1, 0.15) is 0 Å². The average molecular weight is 213 g/mol. The quantitative estimate of drug-likeness (QED) is 0.644. The lowest BCUT2D eigenvalue weighted by Crippen LogP contribution is -2.36. The number of nitrogens with one attached hydrogen (secondary N) is 1. The molecule has 1 fully saturated rings. The molecule has 1 atom stereocenters. The first-order valence-corrected chi connectivity index (χ1v) is 5.46. The van der Waals surface area contributed by atoms with Crippen LogP contribution in [0.2, 0.25) is 0 Å². The summed E-state index contributed by atoms with van der Waals surface area (Å²) < 4.78 is 0.